The second-order valence-corrected chi connectivity index (χ2v) is 4.88. The lowest BCUT2D eigenvalue weighted by molar-refractivity contribution is -0.385. The van der Waals surface area contributed by atoms with Gasteiger partial charge in [-0.2, -0.15) is 0 Å². The van der Waals surface area contributed by atoms with Crippen molar-refractivity contribution in [1.82, 2.24) is 0 Å². The molecule has 0 radical (unpaired) electrons. The summed E-state index contributed by atoms with van der Waals surface area (Å²) in [6.07, 6.45) is 0. The van der Waals surface area contributed by atoms with Crippen LogP contribution in [-0.2, 0) is 0 Å². The van der Waals surface area contributed by atoms with E-state index in [0.717, 1.165) is 0 Å². The fourth-order valence-corrected chi connectivity index (χ4v) is 2.25. The molecule has 4 nitrogen and oxygen atoms in total. The third-order valence-corrected chi connectivity index (χ3v) is 3.43. The van der Waals surface area contributed by atoms with Gasteiger partial charge in [-0.25, -0.2) is 0 Å². The molecular formula is C14H10BrNO3. The van der Waals surface area contributed by atoms with Crippen molar-refractivity contribution in [3.05, 3.63) is 62.6 Å². The van der Waals surface area contributed by atoms with Crippen molar-refractivity contribution >= 4 is 27.4 Å². The Morgan fingerprint density at radius 2 is 1.89 bits per heavy atom. The zero-order chi connectivity index (χ0) is 14.0. The van der Waals surface area contributed by atoms with Crippen LogP contribution in [0.4, 0.5) is 5.69 Å². The van der Waals surface area contributed by atoms with Gasteiger partial charge in [-0.05, 0) is 40.0 Å². The molecule has 0 unspecified atom stereocenters. The highest BCUT2D eigenvalue weighted by molar-refractivity contribution is 9.10. The van der Waals surface area contributed by atoms with Crippen LogP contribution in [0.5, 0.6) is 0 Å². The van der Waals surface area contributed by atoms with Crippen molar-refractivity contribution < 1.29 is 9.72 Å². The van der Waals surface area contributed by atoms with E-state index < -0.39 is 4.92 Å². The second-order valence-electron chi connectivity index (χ2n) is 4.03. The van der Waals surface area contributed by atoms with Crippen molar-refractivity contribution in [3.8, 4) is 11.1 Å². The van der Waals surface area contributed by atoms with Crippen molar-refractivity contribution in [2.75, 3.05) is 0 Å². The maximum atomic E-state index is 11.6. The molecule has 0 aliphatic carbocycles. The highest BCUT2D eigenvalue weighted by Gasteiger charge is 2.15. The molecule has 0 saturated carbocycles. The lowest BCUT2D eigenvalue weighted by atomic mass is 9.97. The summed E-state index contributed by atoms with van der Waals surface area (Å²) in [5.74, 6) is -0.0684. The number of hydrogen-bond acceptors (Lipinski definition) is 3. The number of carbonyl (C=O) groups is 1. The molecule has 0 fully saturated rings. The van der Waals surface area contributed by atoms with Gasteiger partial charge in [0, 0.05) is 11.6 Å². The second kappa shape index (κ2) is 5.32. The molecule has 0 N–H and O–H groups in total. The van der Waals surface area contributed by atoms with Gasteiger partial charge < -0.3 is 0 Å². The standard InChI is InChI=1S/C14H10BrNO3/c1-9(17)11-4-2-3-5-12(11)10-6-7-13(15)14(8-10)16(18)19/h2-8H,1H3. The van der Waals surface area contributed by atoms with Gasteiger partial charge in [-0.15, -0.1) is 0 Å². The summed E-state index contributed by atoms with van der Waals surface area (Å²) in [5, 5.41) is 10.9. The van der Waals surface area contributed by atoms with E-state index in [2.05, 4.69) is 15.9 Å². The topological polar surface area (TPSA) is 60.2 Å². The van der Waals surface area contributed by atoms with Crippen LogP contribution >= 0.6 is 15.9 Å². The summed E-state index contributed by atoms with van der Waals surface area (Å²) < 4.78 is 0.418. The summed E-state index contributed by atoms with van der Waals surface area (Å²) >= 11 is 3.14. The molecule has 0 aliphatic rings. The maximum Gasteiger partial charge on any atom is 0.284 e. The Morgan fingerprint density at radius 1 is 1.21 bits per heavy atom. The number of ketones is 1. The number of nitro groups is 1. The Hall–Kier alpha value is -2.01. The summed E-state index contributed by atoms with van der Waals surface area (Å²) in [5.41, 5.74) is 1.89. The number of Topliss-reactive ketones (excluding diaryl/α,β-unsaturated/α-hetero) is 1. The molecule has 0 saturated heterocycles. The van der Waals surface area contributed by atoms with Crippen molar-refractivity contribution in [1.29, 1.82) is 0 Å². The van der Waals surface area contributed by atoms with E-state index in [1.54, 1.807) is 36.4 Å². The molecule has 19 heavy (non-hydrogen) atoms. The largest absolute Gasteiger partial charge is 0.294 e. The molecule has 0 atom stereocenters. The van der Waals surface area contributed by atoms with Crippen LogP contribution in [0.3, 0.4) is 0 Å². The van der Waals surface area contributed by atoms with Crippen LogP contribution in [0.2, 0.25) is 0 Å². The van der Waals surface area contributed by atoms with Crippen molar-refractivity contribution in [2.45, 2.75) is 6.92 Å². The number of rotatable bonds is 3. The molecule has 0 aromatic heterocycles. The third kappa shape index (κ3) is 2.71. The SMILES string of the molecule is CC(=O)c1ccccc1-c1ccc(Br)c([N+](=O)[O-])c1. The minimum absolute atomic E-state index is 0.0177. The zero-order valence-electron chi connectivity index (χ0n) is 10.1. The first-order valence-electron chi connectivity index (χ1n) is 5.55. The highest BCUT2D eigenvalue weighted by Crippen LogP contribution is 2.32. The molecule has 0 spiro atoms. The number of nitro benzene ring substituents is 1. The minimum atomic E-state index is -0.454. The fourth-order valence-electron chi connectivity index (χ4n) is 1.86. The number of carbonyl (C=O) groups excluding carboxylic acids is 1. The van der Waals surface area contributed by atoms with E-state index in [9.17, 15) is 14.9 Å². The number of nitrogens with zero attached hydrogens (tertiary/aromatic N) is 1. The molecular weight excluding hydrogens is 310 g/mol. The molecule has 0 amide bonds. The van der Waals surface area contributed by atoms with Gasteiger partial charge in [0.25, 0.3) is 5.69 Å². The van der Waals surface area contributed by atoms with Crippen molar-refractivity contribution in [3.63, 3.8) is 0 Å². The molecule has 2 aromatic rings. The Labute approximate surface area is 118 Å². The van der Waals surface area contributed by atoms with Gasteiger partial charge >= 0.3 is 0 Å². The van der Waals surface area contributed by atoms with E-state index in [-0.39, 0.29) is 11.5 Å². The van der Waals surface area contributed by atoms with Crippen LogP contribution in [0.25, 0.3) is 11.1 Å². The molecule has 0 bridgehead atoms. The Balaban J connectivity index is 2.63. The normalized spacial score (nSPS) is 10.2. The Kier molecular flexibility index (Phi) is 3.76. The number of benzene rings is 2. The van der Waals surface area contributed by atoms with E-state index >= 15 is 0 Å². The van der Waals surface area contributed by atoms with Gasteiger partial charge in [0.1, 0.15) is 0 Å². The van der Waals surface area contributed by atoms with Gasteiger partial charge in [-0.3, -0.25) is 14.9 Å². The molecule has 5 heteroatoms. The number of hydrogen-bond donors (Lipinski definition) is 0. The van der Waals surface area contributed by atoms with Gasteiger partial charge in [0.2, 0.25) is 0 Å². The Morgan fingerprint density at radius 3 is 2.53 bits per heavy atom. The third-order valence-electron chi connectivity index (χ3n) is 2.76. The van der Waals surface area contributed by atoms with E-state index in [0.29, 0.717) is 21.2 Å². The van der Waals surface area contributed by atoms with Gasteiger partial charge in [0.15, 0.2) is 5.78 Å². The first-order chi connectivity index (χ1) is 9.00. The van der Waals surface area contributed by atoms with Crippen molar-refractivity contribution in [2.24, 2.45) is 0 Å². The fraction of sp³-hybridized carbons (Fsp3) is 0.0714. The van der Waals surface area contributed by atoms with Crippen LogP contribution in [0.15, 0.2) is 46.9 Å². The summed E-state index contributed by atoms with van der Waals surface area (Å²) in [4.78, 5) is 22.1. The average Bonchev–Trinajstić information content (AvgIpc) is 2.39. The minimum Gasteiger partial charge on any atom is -0.294 e. The van der Waals surface area contributed by atoms with Crippen LogP contribution in [0.1, 0.15) is 17.3 Å². The molecule has 2 aromatic carbocycles. The number of halogens is 1. The lowest BCUT2D eigenvalue weighted by Crippen LogP contribution is -1.96. The lowest BCUT2D eigenvalue weighted by Gasteiger charge is -2.07. The van der Waals surface area contributed by atoms with Crippen LogP contribution in [-0.4, -0.2) is 10.7 Å². The Bertz CT molecular complexity index is 667. The quantitative estimate of drug-likeness (QED) is 0.483. The maximum absolute atomic E-state index is 11.6. The average molecular weight is 320 g/mol. The van der Waals surface area contributed by atoms with Gasteiger partial charge in [-0.1, -0.05) is 30.3 Å². The summed E-state index contributed by atoms with van der Waals surface area (Å²) in [6, 6.07) is 11.9. The zero-order valence-corrected chi connectivity index (χ0v) is 11.7. The van der Waals surface area contributed by atoms with Crippen LogP contribution < -0.4 is 0 Å². The van der Waals surface area contributed by atoms with E-state index in [1.165, 1.54) is 13.0 Å². The molecule has 0 aliphatic heterocycles. The summed E-state index contributed by atoms with van der Waals surface area (Å²) in [7, 11) is 0. The smallest absolute Gasteiger partial charge is 0.284 e. The van der Waals surface area contributed by atoms with Crippen LogP contribution in [0, 0.1) is 10.1 Å². The molecule has 96 valence electrons. The first kappa shape index (κ1) is 13.4. The first-order valence-corrected chi connectivity index (χ1v) is 6.34. The van der Waals surface area contributed by atoms with E-state index in [1.807, 2.05) is 0 Å². The highest BCUT2D eigenvalue weighted by atomic mass is 79.9. The summed E-state index contributed by atoms with van der Waals surface area (Å²) in [6.45, 7) is 1.48. The predicted octanol–water partition coefficient (Wildman–Crippen LogP) is 4.23. The predicted molar refractivity (Wildman–Crippen MR) is 76.2 cm³/mol. The van der Waals surface area contributed by atoms with E-state index in [4.69, 9.17) is 0 Å². The molecule has 2 rings (SSSR count). The molecule has 0 heterocycles. The van der Waals surface area contributed by atoms with Gasteiger partial charge in [0.05, 0.1) is 9.40 Å². The monoisotopic (exact) mass is 319 g/mol.